The average molecular weight is 342 g/mol. The summed E-state index contributed by atoms with van der Waals surface area (Å²) in [4.78, 5) is 26.0. The molecule has 130 valence electrons. The molecule has 0 aliphatic carbocycles. The van der Waals surface area contributed by atoms with Gasteiger partial charge in [-0.2, -0.15) is 0 Å². The second-order valence-corrected chi connectivity index (χ2v) is 6.20. The highest BCUT2D eigenvalue weighted by Crippen LogP contribution is 2.21. The van der Waals surface area contributed by atoms with E-state index in [1.165, 1.54) is 6.07 Å². The topological polar surface area (TPSA) is 69.6 Å². The van der Waals surface area contributed by atoms with E-state index >= 15 is 0 Å². The van der Waals surface area contributed by atoms with Gasteiger partial charge in [-0.15, -0.1) is 0 Å². The number of benzene rings is 2. The molecule has 5 nitrogen and oxygen atoms in total. The predicted molar refractivity (Wildman–Crippen MR) is 90.4 cm³/mol. The molecule has 2 N–H and O–H groups in total. The summed E-state index contributed by atoms with van der Waals surface area (Å²) in [5.41, 5.74) is 1.09. The van der Waals surface area contributed by atoms with Crippen molar-refractivity contribution in [2.24, 2.45) is 5.92 Å². The van der Waals surface area contributed by atoms with Crippen LogP contribution in [-0.2, 0) is 11.3 Å². The van der Waals surface area contributed by atoms with E-state index < -0.39 is 17.5 Å². The van der Waals surface area contributed by atoms with Crippen LogP contribution >= 0.6 is 0 Å². The summed E-state index contributed by atoms with van der Waals surface area (Å²) in [6.07, 6.45) is 0.377. The molecule has 1 aliphatic heterocycles. The molecule has 3 rings (SSSR count). The molecule has 0 radical (unpaired) electrons. The molecule has 2 amide bonds. The number of hydrogen-bond donors (Lipinski definition) is 2. The van der Waals surface area contributed by atoms with Crippen molar-refractivity contribution in [2.45, 2.75) is 13.0 Å². The van der Waals surface area contributed by atoms with Gasteiger partial charge in [-0.05, 0) is 17.7 Å². The highest BCUT2D eigenvalue weighted by atomic mass is 19.1. The Bertz CT molecular complexity index is 779. The number of phenols is 1. The van der Waals surface area contributed by atoms with Crippen LogP contribution in [0.4, 0.5) is 4.39 Å². The number of nitrogens with zero attached hydrogens (tertiary/aromatic N) is 1. The number of aromatic hydroxyl groups is 1. The molecular formula is C19H19FN2O3. The molecule has 6 heteroatoms. The van der Waals surface area contributed by atoms with Crippen molar-refractivity contribution in [1.29, 1.82) is 0 Å². The molecule has 0 unspecified atom stereocenters. The van der Waals surface area contributed by atoms with Crippen molar-refractivity contribution in [2.75, 3.05) is 13.1 Å². The van der Waals surface area contributed by atoms with Gasteiger partial charge in [0.05, 0.1) is 5.56 Å². The molecule has 0 bridgehead atoms. The van der Waals surface area contributed by atoms with Crippen molar-refractivity contribution in [3.63, 3.8) is 0 Å². The van der Waals surface area contributed by atoms with Gasteiger partial charge in [-0.1, -0.05) is 30.3 Å². The fourth-order valence-corrected chi connectivity index (χ4v) is 2.98. The summed E-state index contributed by atoms with van der Waals surface area (Å²) in [6, 6.07) is 13.0. The molecule has 2 aromatic rings. The van der Waals surface area contributed by atoms with Crippen molar-refractivity contribution in [3.8, 4) is 5.75 Å². The van der Waals surface area contributed by atoms with Gasteiger partial charge < -0.3 is 15.3 Å². The first-order chi connectivity index (χ1) is 12.0. The number of amides is 2. The van der Waals surface area contributed by atoms with E-state index in [4.69, 9.17) is 0 Å². The fourth-order valence-electron chi connectivity index (χ4n) is 2.98. The molecule has 0 saturated carbocycles. The van der Waals surface area contributed by atoms with Gasteiger partial charge in [-0.25, -0.2) is 4.39 Å². The number of halogens is 1. The lowest BCUT2D eigenvalue weighted by Gasteiger charge is -2.17. The summed E-state index contributed by atoms with van der Waals surface area (Å²) < 4.78 is 13.0. The molecule has 2 aromatic carbocycles. The summed E-state index contributed by atoms with van der Waals surface area (Å²) in [5.74, 6) is -1.40. The van der Waals surface area contributed by atoms with E-state index in [1.54, 1.807) is 4.90 Å². The van der Waals surface area contributed by atoms with Crippen LogP contribution in [0.3, 0.4) is 0 Å². The van der Waals surface area contributed by atoms with E-state index in [2.05, 4.69) is 5.32 Å². The Morgan fingerprint density at radius 1 is 1.24 bits per heavy atom. The van der Waals surface area contributed by atoms with Gasteiger partial charge >= 0.3 is 0 Å². The Balaban J connectivity index is 1.54. The zero-order valence-corrected chi connectivity index (χ0v) is 13.6. The van der Waals surface area contributed by atoms with Crippen LogP contribution < -0.4 is 5.32 Å². The summed E-state index contributed by atoms with van der Waals surface area (Å²) in [5, 5.41) is 12.3. The van der Waals surface area contributed by atoms with E-state index in [0.717, 1.165) is 17.7 Å². The van der Waals surface area contributed by atoms with Gasteiger partial charge in [0.2, 0.25) is 5.91 Å². The molecule has 0 aromatic heterocycles. The van der Waals surface area contributed by atoms with E-state index in [1.807, 2.05) is 30.3 Å². The zero-order chi connectivity index (χ0) is 17.8. The normalized spacial score (nSPS) is 16.9. The van der Waals surface area contributed by atoms with E-state index in [-0.39, 0.29) is 17.4 Å². The van der Waals surface area contributed by atoms with Crippen LogP contribution in [0.25, 0.3) is 0 Å². The van der Waals surface area contributed by atoms with Crippen molar-refractivity contribution >= 4 is 11.8 Å². The third-order valence-corrected chi connectivity index (χ3v) is 4.27. The summed E-state index contributed by atoms with van der Waals surface area (Å²) in [6.45, 7) is 1.46. The third kappa shape index (κ3) is 4.15. The maximum Gasteiger partial charge on any atom is 0.255 e. The molecule has 0 spiro atoms. The van der Waals surface area contributed by atoms with Gasteiger partial charge in [0.1, 0.15) is 11.6 Å². The van der Waals surface area contributed by atoms with Gasteiger partial charge in [0.25, 0.3) is 5.91 Å². The Morgan fingerprint density at radius 3 is 2.72 bits per heavy atom. The van der Waals surface area contributed by atoms with Crippen LogP contribution in [0.5, 0.6) is 5.75 Å². The largest absolute Gasteiger partial charge is 0.507 e. The monoisotopic (exact) mass is 342 g/mol. The van der Waals surface area contributed by atoms with Crippen molar-refractivity contribution < 1.29 is 19.1 Å². The Kier molecular flexibility index (Phi) is 4.97. The Morgan fingerprint density at radius 2 is 2.00 bits per heavy atom. The number of hydrogen-bond acceptors (Lipinski definition) is 3. The van der Waals surface area contributed by atoms with Gasteiger partial charge in [0, 0.05) is 38.0 Å². The van der Waals surface area contributed by atoms with Gasteiger partial charge in [-0.3, -0.25) is 9.59 Å². The Hall–Kier alpha value is -2.89. The number of carbonyl (C=O) groups excluding carboxylic acids is 2. The molecule has 1 aliphatic rings. The Labute approximate surface area is 145 Å². The summed E-state index contributed by atoms with van der Waals surface area (Å²) >= 11 is 0. The first-order valence-corrected chi connectivity index (χ1v) is 8.11. The minimum absolute atomic E-state index is 0.0164. The number of carbonyl (C=O) groups is 2. The quantitative estimate of drug-likeness (QED) is 0.876. The number of rotatable bonds is 5. The van der Waals surface area contributed by atoms with Crippen LogP contribution in [0.2, 0.25) is 0 Å². The standard InChI is InChI=1S/C19H19FN2O3/c20-15-6-7-16(17(23)9-15)19(25)21-10-14-8-18(24)22(12-14)11-13-4-2-1-3-5-13/h1-7,9,14,23H,8,10-12H2,(H,21,25)/t14-/m1/s1. The van der Waals surface area contributed by atoms with Crippen molar-refractivity contribution in [3.05, 3.63) is 65.5 Å². The lowest BCUT2D eigenvalue weighted by molar-refractivity contribution is -0.128. The maximum atomic E-state index is 13.0. The number of likely N-dealkylation sites (tertiary alicyclic amines) is 1. The molecule has 1 heterocycles. The first-order valence-electron chi connectivity index (χ1n) is 8.11. The molecule has 1 fully saturated rings. The highest BCUT2D eigenvalue weighted by molar-refractivity contribution is 5.96. The molecule has 25 heavy (non-hydrogen) atoms. The first kappa shape index (κ1) is 17.0. The zero-order valence-electron chi connectivity index (χ0n) is 13.6. The number of phenolic OH excluding ortho intramolecular Hbond substituents is 1. The van der Waals surface area contributed by atoms with Crippen LogP contribution in [0.15, 0.2) is 48.5 Å². The number of nitrogens with one attached hydrogen (secondary N) is 1. The second kappa shape index (κ2) is 7.34. The average Bonchev–Trinajstić information content (AvgIpc) is 2.93. The maximum absolute atomic E-state index is 13.0. The lowest BCUT2D eigenvalue weighted by atomic mass is 10.1. The fraction of sp³-hybridized carbons (Fsp3) is 0.263. The van der Waals surface area contributed by atoms with Gasteiger partial charge in [0.15, 0.2) is 0 Å². The lowest BCUT2D eigenvalue weighted by Crippen LogP contribution is -2.31. The SMILES string of the molecule is O=C(NC[C@H]1CC(=O)N(Cc2ccccc2)C1)c1ccc(F)cc1O. The predicted octanol–water partition coefficient (Wildman–Crippen LogP) is 2.31. The van der Waals surface area contributed by atoms with Crippen molar-refractivity contribution in [1.82, 2.24) is 10.2 Å². The third-order valence-electron chi connectivity index (χ3n) is 4.27. The second-order valence-electron chi connectivity index (χ2n) is 6.20. The smallest absolute Gasteiger partial charge is 0.255 e. The molecule has 1 atom stereocenters. The van der Waals surface area contributed by atoms with E-state index in [9.17, 15) is 19.1 Å². The van der Waals surface area contributed by atoms with Crippen LogP contribution in [0.1, 0.15) is 22.3 Å². The highest BCUT2D eigenvalue weighted by Gasteiger charge is 2.29. The minimum Gasteiger partial charge on any atom is -0.507 e. The summed E-state index contributed by atoms with van der Waals surface area (Å²) in [7, 11) is 0. The van der Waals surface area contributed by atoms with E-state index in [0.29, 0.717) is 26.1 Å². The van der Waals surface area contributed by atoms with Crippen LogP contribution in [0, 0.1) is 11.7 Å². The van der Waals surface area contributed by atoms with Crippen LogP contribution in [-0.4, -0.2) is 34.9 Å². The molecular weight excluding hydrogens is 323 g/mol. The molecule has 1 saturated heterocycles. The minimum atomic E-state index is -0.605.